The highest BCUT2D eigenvalue weighted by atomic mass is 32.1. The highest BCUT2D eigenvalue weighted by molar-refractivity contribution is 7.80. The van der Waals surface area contributed by atoms with Gasteiger partial charge < -0.3 is 5.32 Å². The molecule has 0 aliphatic heterocycles. The molecule has 3 rings (SSSR count). The summed E-state index contributed by atoms with van der Waals surface area (Å²) < 4.78 is 42.1. The summed E-state index contributed by atoms with van der Waals surface area (Å²) in [5.41, 5.74) is 1.57. The molecule has 1 saturated carbocycles. The molecular formula is C19H22F3N3S. The SMILES string of the molecule is CC(C)c1ccccc1CCNC(=S)c1c(C(F)F)nn(C2CC2)c1F. The Morgan fingerprint density at radius 1 is 1.31 bits per heavy atom. The summed E-state index contributed by atoms with van der Waals surface area (Å²) in [4.78, 5) is -0.00766. The van der Waals surface area contributed by atoms with Gasteiger partial charge in [-0.15, -0.1) is 0 Å². The predicted molar refractivity (Wildman–Crippen MR) is 99.4 cm³/mol. The van der Waals surface area contributed by atoms with Crippen molar-refractivity contribution in [2.24, 2.45) is 0 Å². The number of benzene rings is 1. The van der Waals surface area contributed by atoms with Crippen LogP contribution < -0.4 is 5.32 Å². The van der Waals surface area contributed by atoms with E-state index in [1.54, 1.807) is 0 Å². The van der Waals surface area contributed by atoms with Gasteiger partial charge in [-0.25, -0.2) is 13.5 Å². The van der Waals surface area contributed by atoms with Crippen LogP contribution in [0, 0.1) is 5.95 Å². The highest BCUT2D eigenvalue weighted by Gasteiger charge is 2.34. The third kappa shape index (κ3) is 3.92. The van der Waals surface area contributed by atoms with Gasteiger partial charge in [0.2, 0.25) is 5.95 Å². The highest BCUT2D eigenvalue weighted by Crippen LogP contribution is 2.37. The monoisotopic (exact) mass is 381 g/mol. The zero-order valence-electron chi connectivity index (χ0n) is 14.8. The Balaban J connectivity index is 1.71. The topological polar surface area (TPSA) is 29.9 Å². The predicted octanol–water partition coefficient (Wildman–Crippen LogP) is 4.93. The lowest BCUT2D eigenvalue weighted by molar-refractivity contribution is 0.144. The number of aromatic nitrogens is 2. The number of thiocarbonyl (C=S) groups is 1. The largest absolute Gasteiger partial charge is 0.375 e. The maximum Gasteiger partial charge on any atom is 0.282 e. The maximum atomic E-state index is 14.6. The van der Waals surface area contributed by atoms with E-state index >= 15 is 0 Å². The van der Waals surface area contributed by atoms with Crippen LogP contribution in [-0.2, 0) is 6.42 Å². The molecule has 1 aliphatic carbocycles. The van der Waals surface area contributed by atoms with Crippen LogP contribution in [0.25, 0.3) is 0 Å². The smallest absolute Gasteiger partial charge is 0.282 e. The van der Waals surface area contributed by atoms with Gasteiger partial charge >= 0.3 is 0 Å². The average molecular weight is 381 g/mol. The van der Waals surface area contributed by atoms with Gasteiger partial charge in [0.1, 0.15) is 10.7 Å². The van der Waals surface area contributed by atoms with E-state index in [0.717, 1.165) is 17.5 Å². The second-order valence-corrected chi connectivity index (χ2v) is 7.30. The van der Waals surface area contributed by atoms with Gasteiger partial charge in [-0.05, 0) is 36.3 Å². The summed E-state index contributed by atoms with van der Waals surface area (Å²) in [5.74, 6) is -0.374. The van der Waals surface area contributed by atoms with Crippen LogP contribution >= 0.6 is 12.2 Å². The number of halogens is 3. The molecule has 1 heterocycles. The van der Waals surface area contributed by atoms with Gasteiger partial charge in [-0.3, -0.25) is 0 Å². The molecule has 1 fully saturated rings. The zero-order valence-corrected chi connectivity index (χ0v) is 15.6. The second kappa shape index (κ2) is 7.78. The van der Waals surface area contributed by atoms with Gasteiger partial charge in [0.05, 0.1) is 11.6 Å². The zero-order chi connectivity index (χ0) is 18.8. The van der Waals surface area contributed by atoms with E-state index in [4.69, 9.17) is 12.2 Å². The molecule has 26 heavy (non-hydrogen) atoms. The molecule has 1 aromatic heterocycles. The van der Waals surface area contributed by atoms with E-state index in [-0.39, 0.29) is 16.6 Å². The lowest BCUT2D eigenvalue weighted by Crippen LogP contribution is -2.26. The van der Waals surface area contributed by atoms with Crippen molar-refractivity contribution < 1.29 is 13.2 Å². The van der Waals surface area contributed by atoms with Crippen LogP contribution in [0.2, 0.25) is 0 Å². The van der Waals surface area contributed by atoms with Crippen LogP contribution in [-0.4, -0.2) is 21.3 Å². The summed E-state index contributed by atoms with van der Waals surface area (Å²) in [6.07, 6.45) is -0.669. The first-order chi connectivity index (χ1) is 12.4. The standard InChI is InChI=1S/C19H22F3N3S/c1-11(2)14-6-4-3-5-12(14)9-10-23-19(26)15-16(17(20)21)24-25(18(15)22)13-7-8-13/h3-6,11,13,17H,7-10H2,1-2H3,(H,23,26). The number of hydrogen-bond acceptors (Lipinski definition) is 2. The van der Waals surface area contributed by atoms with E-state index in [9.17, 15) is 13.2 Å². The first-order valence-electron chi connectivity index (χ1n) is 8.82. The molecule has 0 bridgehead atoms. The molecule has 0 atom stereocenters. The second-order valence-electron chi connectivity index (χ2n) is 6.89. The molecule has 1 aliphatic rings. The first kappa shape index (κ1) is 18.9. The quantitative estimate of drug-likeness (QED) is 0.690. The van der Waals surface area contributed by atoms with Crippen molar-refractivity contribution in [3.05, 3.63) is 52.6 Å². The minimum absolute atomic E-state index is 0.00766. The Hall–Kier alpha value is -1.89. The number of rotatable bonds is 7. The average Bonchev–Trinajstić information content (AvgIpc) is 3.37. The molecule has 1 aromatic carbocycles. The molecule has 1 N–H and O–H groups in total. The van der Waals surface area contributed by atoms with Crippen LogP contribution in [0.5, 0.6) is 0 Å². The van der Waals surface area contributed by atoms with E-state index in [1.165, 1.54) is 11.1 Å². The van der Waals surface area contributed by atoms with Crippen molar-refractivity contribution in [2.75, 3.05) is 6.54 Å². The molecule has 0 saturated heterocycles. The Bertz CT molecular complexity index is 797. The summed E-state index contributed by atoms with van der Waals surface area (Å²) in [6.45, 7) is 4.68. The minimum atomic E-state index is -2.86. The van der Waals surface area contributed by atoms with Crippen molar-refractivity contribution in [1.82, 2.24) is 15.1 Å². The third-order valence-corrected chi connectivity index (χ3v) is 4.91. The van der Waals surface area contributed by atoms with Crippen molar-refractivity contribution in [3.8, 4) is 0 Å². The Kier molecular flexibility index (Phi) is 5.65. The van der Waals surface area contributed by atoms with E-state index < -0.39 is 18.1 Å². The Labute approximate surface area is 156 Å². The molecule has 0 spiro atoms. The van der Waals surface area contributed by atoms with Crippen LogP contribution in [0.3, 0.4) is 0 Å². The van der Waals surface area contributed by atoms with E-state index in [0.29, 0.717) is 18.9 Å². The third-order valence-electron chi connectivity index (χ3n) is 4.56. The van der Waals surface area contributed by atoms with Crippen molar-refractivity contribution in [3.63, 3.8) is 0 Å². The molecule has 7 heteroatoms. The van der Waals surface area contributed by atoms with Gasteiger partial charge in [0, 0.05) is 6.54 Å². The van der Waals surface area contributed by atoms with Crippen LogP contribution in [0.1, 0.15) is 67.5 Å². The molecule has 3 nitrogen and oxygen atoms in total. The van der Waals surface area contributed by atoms with Crippen molar-refractivity contribution in [2.45, 2.75) is 51.5 Å². The molecular weight excluding hydrogens is 359 g/mol. The maximum absolute atomic E-state index is 14.6. The molecule has 0 amide bonds. The van der Waals surface area contributed by atoms with Gasteiger partial charge in [0.15, 0.2) is 0 Å². The van der Waals surface area contributed by atoms with Gasteiger partial charge in [-0.1, -0.05) is 50.3 Å². The molecule has 2 aromatic rings. The fourth-order valence-electron chi connectivity index (χ4n) is 3.08. The van der Waals surface area contributed by atoms with Crippen LogP contribution in [0.4, 0.5) is 13.2 Å². The summed E-state index contributed by atoms with van der Waals surface area (Å²) in [5, 5.41) is 6.69. The van der Waals surface area contributed by atoms with E-state index in [2.05, 4.69) is 30.3 Å². The fourth-order valence-corrected chi connectivity index (χ4v) is 3.37. The number of nitrogens with zero attached hydrogens (tertiary/aromatic N) is 2. The molecule has 0 unspecified atom stereocenters. The van der Waals surface area contributed by atoms with Crippen molar-refractivity contribution in [1.29, 1.82) is 0 Å². The molecule has 0 radical (unpaired) electrons. The first-order valence-corrected chi connectivity index (χ1v) is 9.23. The van der Waals surface area contributed by atoms with Gasteiger partial charge in [0.25, 0.3) is 6.43 Å². The number of hydrogen-bond donors (Lipinski definition) is 1. The Morgan fingerprint density at radius 2 is 2.00 bits per heavy atom. The lowest BCUT2D eigenvalue weighted by atomic mass is 9.95. The summed E-state index contributed by atoms with van der Waals surface area (Å²) in [7, 11) is 0. The van der Waals surface area contributed by atoms with E-state index in [1.807, 2.05) is 18.2 Å². The lowest BCUT2D eigenvalue weighted by Gasteiger charge is -2.13. The van der Waals surface area contributed by atoms with Crippen molar-refractivity contribution >= 4 is 17.2 Å². The summed E-state index contributed by atoms with van der Waals surface area (Å²) in [6, 6.07) is 7.95. The number of nitrogens with one attached hydrogen (secondary N) is 1. The fraction of sp³-hybridized carbons (Fsp3) is 0.474. The normalized spacial score (nSPS) is 14.3. The Morgan fingerprint density at radius 3 is 2.62 bits per heavy atom. The van der Waals surface area contributed by atoms with Crippen LogP contribution in [0.15, 0.2) is 24.3 Å². The van der Waals surface area contributed by atoms with Gasteiger partial charge in [-0.2, -0.15) is 9.49 Å². The molecule has 140 valence electrons. The number of alkyl halides is 2. The minimum Gasteiger partial charge on any atom is -0.375 e. The summed E-state index contributed by atoms with van der Waals surface area (Å²) >= 11 is 5.20.